The number of nitrogens with one attached hydrogen (secondary N) is 1. The van der Waals surface area contributed by atoms with E-state index in [9.17, 15) is 19.7 Å². The third-order valence-corrected chi connectivity index (χ3v) is 6.08. The fourth-order valence-electron chi connectivity index (χ4n) is 4.08. The molecule has 0 radical (unpaired) electrons. The van der Waals surface area contributed by atoms with Gasteiger partial charge in [-0.15, -0.1) is 0 Å². The molecular weight excluding hydrogens is 484 g/mol. The minimum atomic E-state index is -0.631. The number of nitrogens with zero attached hydrogens (tertiary/aromatic N) is 3. The number of thiocarbonyl (C=S) groups is 1. The molecule has 2 heterocycles. The Hall–Kier alpha value is -4.51. The molecule has 1 aromatic heterocycles. The number of aryl methyl sites for hydroxylation is 1. The van der Waals surface area contributed by atoms with Gasteiger partial charge in [-0.2, -0.15) is 0 Å². The molecule has 10 nitrogen and oxygen atoms in total. The summed E-state index contributed by atoms with van der Waals surface area (Å²) in [6.45, 7) is 3.64. The molecule has 0 saturated carbocycles. The Morgan fingerprint density at radius 3 is 2.47 bits per heavy atom. The largest absolute Gasteiger partial charge is 0.497 e. The number of methoxy groups -OCH3 is 2. The number of amides is 2. The van der Waals surface area contributed by atoms with Crippen molar-refractivity contribution in [2.45, 2.75) is 13.8 Å². The SMILES string of the molecule is COc1ccc(N2C(=O)/C(=C/c3cc(C)n(-c4cccc([N+](=O)[O-])c4)c3C)C(=O)NC2=S)c(OC)c1. The maximum Gasteiger partial charge on any atom is 0.271 e. The number of nitro groups is 1. The Labute approximate surface area is 211 Å². The van der Waals surface area contributed by atoms with E-state index in [0.29, 0.717) is 34.1 Å². The van der Waals surface area contributed by atoms with Crippen molar-refractivity contribution in [3.8, 4) is 17.2 Å². The molecular formula is C25H22N4O6S. The van der Waals surface area contributed by atoms with Crippen molar-refractivity contribution < 1.29 is 24.0 Å². The summed E-state index contributed by atoms with van der Waals surface area (Å²) in [6, 6.07) is 12.9. The van der Waals surface area contributed by atoms with E-state index in [0.717, 1.165) is 5.69 Å². The van der Waals surface area contributed by atoms with Gasteiger partial charge in [0, 0.05) is 29.6 Å². The smallest absolute Gasteiger partial charge is 0.271 e. The molecule has 0 spiro atoms. The zero-order valence-corrected chi connectivity index (χ0v) is 20.7. The molecule has 1 aliphatic rings. The van der Waals surface area contributed by atoms with Crippen molar-refractivity contribution in [1.29, 1.82) is 0 Å². The minimum absolute atomic E-state index is 0.0423. The van der Waals surface area contributed by atoms with Crippen LogP contribution in [0.4, 0.5) is 11.4 Å². The lowest BCUT2D eigenvalue weighted by molar-refractivity contribution is -0.384. The Morgan fingerprint density at radius 2 is 1.81 bits per heavy atom. The quantitative estimate of drug-likeness (QED) is 0.177. The van der Waals surface area contributed by atoms with E-state index in [1.165, 1.54) is 37.3 Å². The number of carbonyl (C=O) groups is 2. The van der Waals surface area contributed by atoms with Crippen molar-refractivity contribution >= 4 is 46.6 Å². The van der Waals surface area contributed by atoms with Crippen LogP contribution in [0.25, 0.3) is 11.8 Å². The molecule has 4 rings (SSSR count). The van der Waals surface area contributed by atoms with Gasteiger partial charge in [-0.1, -0.05) is 6.07 Å². The van der Waals surface area contributed by atoms with Crippen LogP contribution in [0.5, 0.6) is 11.5 Å². The number of benzene rings is 2. The zero-order valence-electron chi connectivity index (χ0n) is 19.9. The first-order valence-corrected chi connectivity index (χ1v) is 11.1. The topological polar surface area (TPSA) is 116 Å². The van der Waals surface area contributed by atoms with Crippen LogP contribution in [-0.4, -0.2) is 40.6 Å². The second kappa shape index (κ2) is 9.62. The maximum atomic E-state index is 13.5. The Kier molecular flexibility index (Phi) is 6.58. The first kappa shape index (κ1) is 24.6. The van der Waals surface area contributed by atoms with Crippen molar-refractivity contribution in [2.24, 2.45) is 0 Å². The highest BCUT2D eigenvalue weighted by molar-refractivity contribution is 7.80. The lowest BCUT2D eigenvalue weighted by atomic mass is 10.1. The number of carbonyl (C=O) groups excluding carboxylic acids is 2. The number of rotatable bonds is 6. The van der Waals surface area contributed by atoms with Crippen LogP contribution < -0.4 is 19.7 Å². The monoisotopic (exact) mass is 506 g/mol. The number of ether oxygens (including phenoxy) is 2. The highest BCUT2D eigenvalue weighted by Crippen LogP contribution is 2.35. The van der Waals surface area contributed by atoms with E-state index >= 15 is 0 Å². The number of anilines is 1. The first-order valence-electron chi connectivity index (χ1n) is 10.7. The number of aromatic nitrogens is 1. The van der Waals surface area contributed by atoms with Crippen molar-refractivity contribution in [2.75, 3.05) is 19.1 Å². The molecule has 184 valence electrons. The van der Waals surface area contributed by atoms with E-state index < -0.39 is 16.7 Å². The van der Waals surface area contributed by atoms with Crippen LogP contribution in [0.1, 0.15) is 17.0 Å². The summed E-state index contributed by atoms with van der Waals surface area (Å²) in [5.41, 5.74) is 2.85. The van der Waals surface area contributed by atoms with Crippen LogP contribution in [0.3, 0.4) is 0 Å². The normalized spacial score (nSPS) is 14.7. The van der Waals surface area contributed by atoms with Gasteiger partial charge in [-0.25, -0.2) is 4.90 Å². The van der Waals surface area contributed by atoms with Crippen LogP contribution in [0.15, 0.2) is 54.1 Å². The van der Waals surface area contributed by atoms with E-state index in [1.54, 1.807) is 43.3 Å². The van der Waals surface area contributed by atoms with Gasteiger partial charge in [0.1, 0.15) is 17.1 Å². The van der Waals surface area contributed by atoms with Crippen LogP contribution in [-0.2, 0) is 9.59 Å². The molecule has 1 N–H and O–H groups in total. The minimum Gasteiger partial charge on any atom is -0.497 e. The summed E-state index contributed by atoms with van der Waals surface area (Å²) < 4.78 is 12.5. The molecule has 2 aromatic carbocycles. The highest BCUT2D eigenvalue weighted by Gasteiger charge is 2.36. The predicted molar refractivity (Wildman–Crippen MR) is 138 cm³/mol. The second-order valence-corrected chi connectivity index (χ2v) is 8.32. The third-order valence-electron chi connectivity index (χ3n) is 5.80. The molecule has 0 bridgehead atoms. The van der Waals surface area contributed by atoms with Crippen LogP contribution in [0.2, 0.25) is 0 Å². The summed E-state index contributed by atoms with van der Waals surface area (Å²) in [5, 5.41) is 13.7. The molecule has 11 heteroatoms. The average Bonchev–Trinajstić information content (AvgIpc) is 3.14. The molecule has 3 aromatic rings. The van der Waals surface area contributed by atoms with Gasteiger partial charge in [0.15, 0.2) is 5.11 Å². The summed E-state index contributed by atoms with van der Waals surface area (Å²) >= 11 is 5.30. The Bertz CT molecular complexity index is 1460. The summed E-state index contributed by atoms with van der Waals surface area (Å²) in [6.07, 6.45) is 1.48. The van der Waals surface area contributed by atoms with Gasteiger partial charge in [0.25, 0.3) is 17.5 Å². The van der Waals surface area contributed by atoms with Gasteiger partial charge in [-0.3, -0.25) is 25.0 Å². The lowest BCUT2D eigenvalue weighted by Crippen LogP contribution is -2.54. The van der Waals surface area contributed by atoms with Gasteiger partial charge < -0.3 is 14.0 Å². The third kappa shape index (κ3) is 4.31. The molecule has 0 aliphatic carbocycles. The molecule has 1 fully saturated rings. The second-order valence-electron chi connectivity index (χ2n) is 7.93. The van der Waals surface area contributed by atoms with Gasteiger partial charge in [-0.05, 0) is 62.0 Å². The highest BCUT2D eigenvalue weighted by atomic mass is 32.1. The fourth-order valence-corrected chi connectivity index (χ4v) is 4.35. The Balaban J connectivity index is 1.77. The standard InChI is InChI=1S/C25H22N4O6S/c1-14-10-16(15(2)27(14)17-6-5-7-18(12-17)29(32)33)11-20-23(30)26-25(36)28(24(20)31)21-9-8-19(34-3)13-22(21)35-4/h5-13H,1-4H3,(H,26,30,36)/b20-11+. The fraction of sp³-hybridized carbons (Fsp3) is 0.160. The van der Waals surface area contributed by atoms with Crippen LogP contribution in [0, 0.1) is 24.0 Å². The molecule has 0 unspecified atom stereocenters. The van der Waals surface area contributed by atoms with E-state index in [2.05, 4.69) is 5.32 Å². The van der Waals surface area contributed by atoms with Crippen molar-refractivity contribution in [1.82, 2.24) is 9.88 Å². The number of hydrogen-bond acceptors (Lipinski definition) is 7. The number of nitro benzene ring substituents is 1. The van der Waals surface area contributed by atoms with Gasteiger partial charge >= 0.3 is 0 Å². The van der Waals surface area contributed by atoms with Crippen LogP contribution >= 0.6 is 12.2 Å². The summed E-state index contributed by atoms with van der Waals surface area (Å²) in [7, 11) is 2.96. The molecule has 2 amide bonds. The molecule has 1 saturated heterocycles. The van der Waals surface area contributed by atoms with E-state index in [4.69, 9.17) is 21.7 Å². The van der Waals surface area contributed by atoms with E-state index in [1.807, 2.05) is 11.5 Å². The van der Waals surface area contributed by atoms with Crippen molar-refractivity contribution in [3.05, 3.63) is 81.2 Å². The van der Waals surface area contributed by atoms with Gasteiger partial charge in [0.2, 0.25) is 0 Å². The first-order chi connectivity index (χ1) is 17.2. The number of non-ortho nitro benzene ring substituents is 1. The lowest BCUT2D eigenvalue weighted by Gasteiger charge is -2.30. The molecule has 1 aliphatic heterocycles. The van der Waals surface area contributed by atoms with E-state index in [-0.39, 0.29) is 16.4 Å². The average molecular weight is 507 g/mol. The number of hydrogen-bond donors (Lipinski definition) is 1. The molecule has 36 heavy (non-hydrogen) atoms. The van der Waals surface area contributed by atoms with Crippen molar-refractivity contribution in [3.63, 3.8) is 0 Å². The van der Waals surface area contributed by atoms with Gasteiger partial charge in [0.05, 0.1) is 30.5 Å². The maximum absolute atomic E-state index is 13.5. The predicted octanol–water partition coefficient (Wildman–Crippen LogP) is 3.85. The zero-order chi connectivity index (χ0) is 26.1. The summed E-state index contributed by atoms with van der Waals surface area (Å²) in [5.74, 6) is -0.384. The molecule has 0 atom stereocenters. The summed E-state index contributed by atoms with van der Waals surface area (Å²) in [4.78, 5) is 38.3. The Morgan fingerprint density at radius 1 is 1.06 bits per heavy atom.